The number of aromatic hydroxyl groups is 1. The van der Waals surface area contributed by atoms with E-state index in [1.807, 2.05) is 36.4 Å². The Bertz CT molecular complexity index is 1790. The molecule has 6 rings (SSSR count). The van der Waals surface area contributed by atoms with Gasteiger partial charge in [0.2, 0.25) is 5.91 Å². The zero-order valence-electron chi connectivity index (χ0n) is 19.6. The molecule has 0 unspecified atom stereocenters. The number of aromatic amines is 2. The molecule has 0 aliphatic heterocycles. The van der Waals surface area contributed by atoms with Gasteiger partial charge in [0.05, 0.1) is 34.1 Å². The SMILES string of the molecule is CCC(=O)Nc1cncc(-c2ccc3[nH]nc(-c4nc5c(-c6cc(O)cc(F)c6)cccc5[nH]4)c3n2)c1. The van der Waals surface area contributed by atoms with E-state index in [1.54, 1.807) is 19.3 Å². The molecule has 10 heteroatoms. The number of carbonyl (C=O) groups is 1. The van der Waals surface area contributed by atoms with Gasteiger partial charge in [0.1, 0.15) is 17.1 Å². The maximum atomic E-state index is 14.0. The highest BCUT2D eigenvalue weighted by Gasteiger charge is 2.17. The minimum atomic E-state index is -0.536. The number of nitrogens with zero attached hydrogens (tertiary/aromatic N) is 4. The van der Waals surface area contributed by atoms with Crippen molar-refractivity contribution in [3.05, 3.63) is 72.8 Å². The van der Waals surface area contributed by atoms with Gasteiger partial charge in [0.15, 0.2) is 11.5 Å². The number of H-pyrrole nitrogens is 2. The zero-order chi connectivity index (χ0) is 25.5. The van der Waals surface area contributed by atoms with E-state index >= 15 is 0 Å². The number of anilines is 1. The molecule has 0 bridgehead atoms. The van der Waals surface area contributed by atoms with Crippen LogP contribution in [-0.4, -0.2) is 41.1 Å². The van der Waals surface area contributed by atoms with Gasteiger partial charge in [-0.1, -0.05) is 19.1 Å². The van der Waals surface area contributed by atoms with Crippen LogP contribution < -0.4 is 5.32 Å². The third-order valence-corrected chi connectivity index (χ3v) is 5.98. The van der Waals surface area contributed by atoms with Gasteiger partial charge in [-0.2, -0.15) is 5.10 Å². The Morgan fingerprint density at radius 1 is 1.00 bits per heavy atom. The topological polar surface area (TPSA) is 132 Å². The molecule has 0 saturated heterocycles. The largest absolute Gasteiger partial charge is 0.508 e. The first kappa shape index (κ1) is 22.4. The second-order valence-corrected chi connectivity index (χ2v) is 8.51. The Hall–Kier alpha value is -5.12. The molecule has 0 aliphatic carbocycles. The third-order valence-electron chi connectivity index (χ3n) is 5.98. The second kappa shape index (κ2) is 8.83. The van der Waals surface area contributed by atoms with Crippen molar-refractivity contribution in [1.29, 1.82) is 0 Å². The lowest BCUT2D eigenvalue weighted by molar-refractivity contribution is -0.115. The summed E-state index contributed by atoms with van der Waals surface area (Å²) in [6.07, 6.45) is 3.63. The van der Waals surface area contributed by atoms with Crippen molar-refractivity contribution in [2.75, 3.05) is 5.32 Å². The monoisotopic (exact) mass is 493 g/mol. The highest BCUT2D eigenvalue weighted by Crippen LogP contribution is 2.33. The minimum absolute atomic E-state index is 0.0998. The van der Waals surface area contributed by atoms with Gasteiger partial charge in [-0.25, -0.2) is 14.4 Å². The number of nitrogens with one attached hydrogen (secondary N) is 3. The number of fused-ring (bicyclic) bond motifs is 2. The summed E-state index contributed by atoms with van der Waals surface area (Å²) < 4.78 is 14.0. The number of phenols is 1. The number of carbonyl (C=O) groups excluding carboxylic acids is 1. The number of phenolic OH excluding ortho intramolecular Hbond substituents is 1. The lowest BCUT2D eigenvalue weighted by atomic mass is 10.0. The molecule has 0 radical (unpaired) electrons. The van der Waals surface area contributed by atoms with E-state index in [1.165, 1.54) is 12.1 Å². The molecule has 6 aromatic rings. The first-order chi connectivity index (χ1) is 18.0. The Kier molecular flexibility index (Phi) is 5.33. The van der Waals surface area contributed by atoms with E-state index in [-0.39, 0.29) is 11.7 Å². The quantitative estimate of drug-likeness (QED) is 0.253. The summed E-state index contributed by atoms with van der Waals surface area (Å²) in [6.45, 7) is 1.78. The van der Waals surface area contributed by atoms with Crippen LogP contribution in [0.15, 0.2) is 67.0 Å². The molecule has 2 aromatic carbocycles. The summed E-state index contributed by atoms with van der Waals surface area (Å²) in [5, 5.41) is 20.1. The van der Waals surface area contributed by atoms with E-state index in [0.717, 1.165) is 22.7 Å². The van der Waals surface area contributed by atoms with E-state index in [0.29, 0.717) is 51.5 Å². The first-order valence-corrected chi connectivity index (χ1v) is 11.6. The summed E-state index contributed by atoms with van der Waals surface area (Å²) in [6, 6.07) is 15.0. The van der Waals surface area contributed by atoms with E-state index < -0.39 is 5.82 Å². The second-order valence-electron chi connectivity index (χ2n) is 8.51. The number of rotatable bonds is 5. The predicted octanol–water partition coefficient (Wildman–Crippen LogP) is 5.42. The number of pyridine rings is 2. The number of aromatic nitrogens is 6. The standard InChI is InChI=1S/C27H20FN7O2/c1-2-23(37)30-17-9-15(12-29-13-17)20-6-7-22-25(31-20)26(35-34-22)27-32-21-5-3-4-19(24(21)33-27)14-8-16(28)11-18(36)10-14/h3-13,36H,2H2,1H3,(H,30,37)(H,32,33)(H,34,35). The molecule has 182 valence electrons. The molecule has 1 amide bonds. The first-order valence-electron chi connectivity index (χ1n) is 11.6. The van der Waals surface area contributed by atoms with Gasteiger partial charge < -0.3 is 15.4 Å². The summed E-state index contributed by atoms with van der Waals surface area (Å²) in [7, 11) is 0. The molecule has 0 fully saturated rings. The van der Waals surface area contributed by atoms with Crippen LogP contribution in [0.3, 0.4) is 0 Å². The summed E-state index contributed by atoms with van der Waals surface area (Å²) in [5.41, 5.74) is 6.34. The molecule has 0 saturated carbocycles. The zero-order valence-corrected chi connectivity index (χ0v) is 19.6. The number of amides is 1. The Morgan fingerprint density at radius 3 is 2.73 bits per heavy atom. The van der Waals surface area contributed by atoms with Crippen molar-refractivity contribution >= 4 is 33.7 Å². The molecule has 0 atom stereocenters. The van der Waals surface area contributed by atoms with E-state index in [2.05, 4.69) is 25.5 Å². The van der Waals surface area contributed by atoms with E-state index in [9.17, 15) is 14.3 Å². The Labute approximate surface area is 209 Å². The molecule has 4 heterocycles. The van der Waals surface area contributed by atoms with Crippen molar-refractivity contribution in [2.24, 2.45) is 0 Å². The molecule has 0 spiro atoms. The summed E-state index contributed by atoms with van der Waals surface area (Å²) in [5.74, 6) is -0.311. The normalized spacial score (nSPS) is 11.3. The molecular weight excluding hydrogens is 473 g/mol. The summed E-state index contributed by atoms with van der Waals surface area (Å²) in [4.78, 5) is 28.9. The van der Waals surface area contributed by atoms with Crippen molar-refractivity contribution in [1.82, 2.24) is 30.1 Å². The predicted molar refractivity (Wildman–Crippen MR) is 138 cm³/mol. The van der Waals surface area contributed by atoms with Gasteiger partial charge >= 0.3 is 0 Å². The number of imidazole rings is 1. The average Bonchev–Trinajstić information content (AvgIpc) is 3.51. The van der Waals surface area contributed by atoms with Crippen LogP contribution in [0.25, 0.3) is 56.0 Å². The highest BCUT2D eigenvalue weighted by molar-refractivity contribution is 5.96. The van der Waals surface area contributed by atoms with Crippen molar-refractivity contribution < 1.29 is 14.3 Å². The smallest absolute Gasteiger partial charge is 0.224 e. The number of halogens is 1. The fourth-order valence-corrected chi connectivity index (χ4v) is 4.23. The fourth-order valence-electron chi connectivity index (χ4n) is 4.23. The average molecular weight is 494 g/mol. The third kappa shape index (κ3) is 4.14. The van der Waals surface area contributed by atoms with Crippen LogP contribution in [0.5, 0.6) is 5.75 Å². The van der Waals surface area contributed by atoms with Crippen molar-refractivity contribution in [3.8, 4) is 39.7 Å². The van der Waals surface area contributed by atoms with Crippen LogP contribution in [0.4, 0.5) is 10.1 Å². The minimum Gasteiger partial charge on any atom is -0.508 e. The number of benzene rings is 2. The van der Waals surface area contributed by atoms with Gasteiger partial charge in [-0.3, -0.25) is 14.9 Å². The Balaban J connectivity index is 1.43. The van der Waals surface area contributed by atoms with Gasteiger partial charge in [0, 0.05) is 29.8 Å². The van der Waals surface area contributed by atoms with E-state index in [4.69, 9.17) is 9.97 Å². The van der Waals surface area contributed by atoms with Crippen LogP contribution >= 0.6 is 0 Å². The number of para-hydroxylation sites is 1. The van der Waals surface area contributed by atoms with Crippen LogP contribution in [0, 0.1) is 5.82 Å². The summed E-state index contributed by atoms with van der Waals surface area (Å²) >= 11 is 0. The van der Waals surface area contributed by atoms with Crippen LogP contribution in [0.2, 0.25) is 0 Å². The lowest BCUT2D eigenvalue weighted by Gasteiger charge is -2.06. The van der Waals surface area contributed by atoms with Gasteiger partial charge in [0.25, 0.3) is 0 Å². The van der Waals surface area contributed by atoms with Crippen molar-refractivity contribution in [2.45, 2.75) is 13.3 Å². The molecule has 4 aromatic heterocycles. The molecular formula is C27H20FN7O2. The lowest BCUT2D eigenvalue weighted by Crippen LogP contribution is -2.09. The van der Waals surface area contributed by atoms with Crippen LogP contribution in [-0.2, 0) is 4.79 Å². The Morgan fingerprint density at radius 2 is 1.89 bits per heavy atom. The molecule has 9 nitrogen and oxygen atoms in total. The maximum absolute atomic E-state index is 14.0. The highest BCUT2D eigenvalue weighted by atomic mass is 19.1. The van der Waals surface area contributed by atoms with Gasteiger partial charge in [-0.05, 0) is 42.0 Å². The van der Waals surface area contributed by atoms with Crippen molar-refractivity contribution in [3.63, 3.8) is 0 Å². The van der Waals surface area contributed by atoms with Gasteiger partial charge in [-0.15, -0.1) is 0 Å². The van der Waals surface area contributed by atoms with Crippen LogP contribution in [0.1, 0.15) is 13.3 Å². The molecule has 4 N–H and O–H groups in total. The number of hydrogen-bond donors (Lipinski definition) is 4. The molecule has 37 heavy (non-hydrogen) atoms. The fraction of sp³-hybridized carbons (Fsp3) is 0.0741. The molecule has 0 aliphatic rings. The number of hydrogen-bond acceptors (Lipinski definition) is 6. The maximum Gasteiger partial charge on any atom is 0.224 e.